The van der Waals surface area contributed by atoms with Crippen molar-refractivity contribution in [3.8, 4) is 34.4 Å². The summed E-state index contributed by atoms with van der Waals surface area (Å²) < 4.78 is 21.1. The van der Waals surface area contributed by atoms with Gasteiger partial charge in [0.05, 0.1) is 44.9 Å². The molecule has 130 valence electrons. The number of ether oxygens (including phenoxy) is 4. The third-order valence-corrected chi connectivity index (χ3v) is 3.87. The largest absolute Gasteiger partial charge is 0.497 e. The fourth-order valence-corrected chi connectivity index (χ4v) is 2.59. The number of benzene rings is 2. The van der Waals surface area contributed by atoms with Crippen molar-refractivity contribution in [3.63, 3.8) is 0 Å². The molecule has 0 fully saturated rings. The molecule has 3 aromatic rings. The summed E-state index contributed by atoms with van der Waals surface area (Å²) in [6, 6.07) is 8.56. The first-order chi connectivity index (χ1) is 12.1. The van der Waals surface area contributed by atoms with E-state index >= 15 is 0 Å². The minimum atomic E-state index is -0.279. The first-order valence-corrected chi connectivity index (χ1v) is 7.49. The number of fused-ring (bicyclic) bond motifs is 1. The number of H-pyrrole nitrogens is 1. The Morgan fingerprint density at radius 1 is 0.840 bits per heavy atom. The van der Waals surface area contributed by atoms with Crippen molar-refractivity contribution in [1.82, 2.24) is 9.97 Å². The number of nitrogens with one attached hydrogen (secondary N) is 1. The molecule has 0 saturated heterocycles. The summed E-state index contributed by atoms with van der Waals surface area (Å²) >= 11 is 0. The van der Waals surface area contributed by atoms with E-state index in [-0.39, 0.29) is 5.56 Å². The lowest BCUT2D eigenvalue weighted by molar-refractivity contribution is 0.355. The molecule has 1 N–H and O–H groups in total. The molecular weight excluding hydrogens is 324 g/mol. The van der Waals surface area contributed by atoms with Crippen molar-refractivity contribution in [2.45, 2.75) is 0 Å². The number of hydrogen-bond donors (Lipinski definition) is 1. The molecule has 0 spiro atoms. The summed E-state index contributed by atoms with van der Waals surface area (Å²) in [7, 11) is 6.17. The molecule has 25 heavy (non-hydrogen) atoms. The van der Waals surface area contributed by atoms with Gasteiger partial charge in [0.2, 0.25) is 0 Å². The number of nitrogens with zero attached hydrogens (tertiary/aromatic N) is 1. The zero-order valence-electron chi connectivity index (χ0n) is 14.4. The maximum Gasteiger partial charge on any atom is 0.259 e. The third kappa shape index (κ3) is 2.96. The molecule has 7 nitrogen and oxygen atoms in total. The van der Waals surface area contributed by atoms with Crippen LogP contribution in [-0.4, -0.2) is 38.4 Å². The van der Waals surface area contributed by atoms with Crippen LogP contribution >= 0.6 is 0 Å². The van der Waals surface area contributed by atoms with Gasteiger partial charge in [-0.2, -0.15) is 0 Å². The van der Waals surface area contributed by atoms with Gasteiger partial charge in [0, 0.05) is 12.1 Å². The van der Waals surface area contributed by atoms with E-state index < -0.39 is 0 Å². The van der Waals surface area contributed by atoms with Crippen LogP contribution in [0.15, 0.2) is 35.1 Å². The topological polar surface area (TPSA) is 82.7 Å². The predicted molar refractivity (Wildman–Crippen MR) is 94.0 cm³/mol. The fraction of sp³-hybridized carbons (Fsp3) is 0.222. The van der Waals surface area contributed by atoms with Crippen molar-refractivity contribution >= 4 is 10.9 Å². The van der Waals surface area contributed by atoms with Gasteiger partial charge in [-0.3, -0.25) is 4.79 Å². The smallest absolute Gasteiger partial charge is 0.259 e. The molecule has 0 aliphatic heterocycles. The standard InChI is InChI=1S/C18H18N2O5/c1-22-10-5-6-11(14(7-10)23-2)17-19-13-9-16(25-4)15(24-3)8-12(13)18(21)20-17/h5-9H,1-4H3,(H,19,20,21). The van der Waals surface area contributed by atoms with Gasteiger partial charge in [0.15, 0.2) is 11.5 Å². The molecule has 2 aromatic carbocycles. The van der Waals surface area contributed by atoms with E-state index in [0.29, 0.717) is 45.3 Å². The number of aromatic amines is 1. The van der Waals surface area contributed by atoms with E-state index in [1.54, 1.807) is 44.6 Å². The summed E-state index contributed by atoms with van der Waals surface area (Å²) in [4.78, 5) is 19.8. The highest BCUT2D eigenvalue weighted by molar-refractivity contribution is 5.84. The number of hydrogen-bond acceptors (Lipinski definition) is 6. The lowest BCUT2D eigenvalue weighted by Crippen LogP contribution is -2.10. The van der Waals surface area contributed by atoms with Crippen LogP contribution in [0.2, 0.25) is 0 Å². The molecular formula is C18H18N2O5. The lowest BCUT2D eigenvalue weighted by Gasteiger charge is -2.12. The Balaban J connectivity index is 2.23. The average molecular weight is 342 g/mol. The van der Waals surface area contributed by atoms with Gasteiger partial charge in [-0.25, -0.2) is 4.98 Å². The van der Waals surface area contributed by atoms with Crippen molar-refractivity contribution in [2.24, 2.45) is 0 Å². The highest BCUT2D eigenvalue weighted by Crippen LogP contribution is 2.33. The van der Waals surface area contributed by atoms with Crippen LogP contribution in [0.4, 0.5) is 0 Å². The minimum absolute atomic E-state index is 0.279. The Hall–Kier alpha value is -3.22. The van der Waals surface area contributed by atoms with Gasteiger partial charge >= 0.3 is 0 Å². The molecule has 0 atom stereocenters. The van der Waals surface area contributed by atoms with Crippen molar-refractivity contribution < 1.29 is 18.9 Å². The Kier molecular flexibility index (Phi) is 4.47. The third-order valence-electron chi connectivity index (χ3n) is 3.87. The molecule has 3 rings (SSSR count). The lowest BCUT2D eigenvalue weighted by atomic mass is 10.1. The average Bonchev–Trinajstić information content (AvgIpc) is 2.66. The summed E-state index contributed by atoms with van der Waals surface area (Å²) in [6.45, 7) is 0. The Bertz CT molecular complexity index is 981. The van der Waals surface area contributed by atoms with Gasteiger partial charge in [-0.1, -0.05) is 0 Å². The highest BCUT2D eigenvalue weighted by atomic mass is 16.5. The SMILES string of the molecule is COc1ccc(-c2nc3cc(OC)c(OC)cc3c(=O)[nH]2)c(OC)c1. The van der Waals surface area contributed by atoms with Crippen LogP contribution in [-0.2, 0) is 0 Å². The second-order valence-electron chi connectivity index (χ2n) is 5.21. The summed E-state index contributed by atoms with van der Waals surface area (Å²) in [5.74, 6) is 2.56. The molecule has 0 amide bonds. The van der Waals surface area contributed by atoms with Crippen molar-refractivity contribution in [2.75, 3.05) is 28.4 Å². The molecule has 0 bridgehead atoms. The second kappa shape index (κ2) is 6.72. The number of methoxy groups -OCH3 is 4. The van der Waals surface area contributed by atoms with Gasteiger partial charge < -0.3 is 23.9 Å². The summed E-state index contributed by atoms with van der Waals surface area (Å²) in [6.07, 6.45) is 0. The van der Waals surface area contributed by atoms with Gasteiger partial charge in [-0.05, 0) is 18.2 Å². The monoisotopic (exact) mass is 342 g/mol. The quantitative estimate of drug-likeness (QED) is 0.767. The van der Waals surface area contributed by atoms with Crippen LogP contribution in [0.1, 0.15) is 0 Å². The van der Waals surface area contributed by atoms with E-state index in [1.165, 1.54) is 14.2 Å². The number of rotatable bonds is 5. The molecule has 1 aromatic heterocycles. The molecule has 7 heteroatoms. The zero-order valence-corrected chi connectivity index (χ0v) is 14.4. The molecule has 0 aliphatic rings. The van der Waals surface area contributed by atoms with E-state index in [9.17, 15) is 4.79 Å². The molecule has 0 aliphatic carbocycles. The molecule has 0 radical (unpaired) electrons. The highest BCUT2D eigenvalue weighted by Gasteiger charge is 2.14. The minimum Gasteiger partial charge on any atom is -0.497 e. The van der Waals surface area contributed by atoms with Crippen LogP contribution in [0.3, 0.4) is 0 Å². The van der Waals surface area contributed by atoms with E-state index in [0.717, 1.165) is 0 Å². The van der Waals surface area contributed by atoms with Gasteiger partial charge in [0.25, 0.3) is 5.56 Å². The van der Waals surface area contributed by atoms with Gasteiger partial charge in [-0.15, -0.1) is 0 Å². The van der Waals surface area contributed by atoms with Crippen LogP contribution in [0.25, 0.3) is 22.3 Å². The summed E-state index contributed by atoms with van der Waals surface area (Å²) in [5, 5.41) is 0.411. The predicted octanol–water partition coefficient (Wildman–Crippen LogP) is 2.62. The van der Waals surface area contributed by atoms with Crippen LogP contribution < -0.4 is 24.5 Å². The Labute approximate surface area is 144 Å². The van der Waals surface area contributed by atoms with Crippen LogP contribution in [0, 0.1) is 0 Å². The maximum atomic E-state index is 12.5. The Morgan fingerprint density at radius 2 is 1.52 bits per heavy atom. The normalized spacial score (nSPS) is 10.6. The fourth-order valence-electron chi connectivity index (χ4n) is 2.59. The van der Waals surface area contributed by atoms with Gasteiger partial charge in [0.1, 0.15) is 17.3 Å². The zero-order chi connectivity index (χ0) is 18.0. The van der Waals surface area contributed by atoms with Crippen molar-refractivity contribution in [1.29, 1.82) is 0 Å². The molecule has 0 unspecified atom stereocenters. The molecule has 0 saturated carbocycles. The Morgan fingerprint density at radius 3 is 2.16 bits per heavy atom. The first-order valence-electron chi connectivity index (χ1n) is 7.49. The van der Waals surface area contributed by atoms with E-state index in [4.69, 9.17) is 18.9 Å². The van der Waals surface area contributed by atoms with Crippen LogP contribution in [0.5, 0.6) is 23.0 Å². The first kappa shape index (κ1) is 16.6. The molecule has 1 heterocycles. The van der Waals surface area contributed by atoms with E-state index in [2.05, 4.69) is 9.97 Å². The van der Waals surface area contributed by atoms with E-state index in [1.807, 2.05) is 0 Å². The maximum absolute atomic E-state index is 12.5. The number of aromatic nitrogens is 2. The summed E-state index contributed by atoms with van der Waals surface area (Å²) in [5.41, 5.74) is 0.866. The second-order valence-corrected chi connectivity index (χ2v) is 5.21. The van der Waals surface area contributed by atoms with Crippen molar-refractivity contribution in [3.05, 3.63) is 40.7 Å².